The van der Waals surface area contributed by atoms with E-state index in [0.717, 1.165) is 100 Å². The third kappa shape index (κ3) is 41.7. The number of rotatable bonds is 54. The Morgan fingerprint density at radius 3 is 1.24 bits per heavy atom. The third-order valence-corrected chi connectivity index (χ3v) is 19.9. The molecule has 0 bridgehead atoms. The Morgan fingerprint density at radius 1 is 0.417 bits per heavy atom. The summed E-state index contributed by atoms with van der Waals surface area (Å²) in [7, 11) is 3.19. The maximum absolute atomic E-state index is 12.4. The number of methoxy groups -OCH3 is 2. The molecule has 0 fully saturated rings. The fourth-order valence-electron chi connectivity index (χ4n) is 13.4. The minimum atomic E-state index is -1.40. The van der Waals surface area contributed by atoms with Gasteiger partial charge in [0.25, 0.3) is 0 Å². The summed E-state index contributed by atoms with van der Waals surface area (Å²) in [5.41, 5.74) is 21.4. The number of ketones is 1. The second-order valence-electron chi connectivity index (χ2n) is 29.7. The molecule has 8 aromatic carbocycles. The van der Waals surface area contributed by atoms with E-state index in [2.05, 4.69) is 92.2 Å². The number of alkyl carbamates (subject to hydrolysis) is 1. The van der Waals surface area contributed by atoms with E-state index in [1.807, 2.05) is 111 Å². The van der Waals surface area contributed by atoms with Gasteiger partial charge in [0.05, 0.1) is 85.9 Å². The van der Waals surface area contributed by atoms with E-state index in [1.165, 1.54) is 62.7 Å². The molecule has 26 nitrogen and oxygen atoms in total. The van der Waals surface area contributed by atoms with Crippen molar-refractivity contribution in [2.75, 3.05) is 133 Å². The van der Waals surface area contributed by atoms with Crippen LogP contribution in [0.15, 0.2) is 182 Å². The number of halogens is 1. The SMILES string of the molecule is CC(=O)OC(OC(C)=O)C(C)=O.COc1cc(OCCCC(=O)NCc2ccc(C)cc2)ccc1C=O.COc1cc(OCCCC(=O)NCc2ccc(C)cc2)ccc1CCCCCOCCOCCOCCCCC(=O)OCC1c2ccccc2-c2ccccc21.Cl.NCCCOCCOCCOCCCNC(=O)OCC1c2ccccc2-c2ccccc21.[Na+]. The average Bonchev–Trinajstić information content (AvgIpc) is 1.62. The van der Waals surface area contributed by atoms with Crippen molar-refractivity contribution in [3.05, 3.63) is 238 Å². The largest absolute Gasteiger partial charge is 1.00 e. The minimum absolute atomic E-state index is 0. The normalized spacial score (nSPS) is 11.3. The number of hydrogen-bond acceptors (Lipinski definition) is 23. The maximum atomic E-state index is 12.4. The molecule has 5 N–H and O–H groups in total. The number of esters is 3. The molecule has 28 heteroatoms. The molecular weight excluding hydrogens is 1660 g/mol. The zero-order valence-corrected chi connectivity index (χ0v) is 77.7. The van der Waals surface area contributed by atoms with Gasteiger partial charge in [0.1, 0.15) is 36.2 Å². The van der Waals surface area contributed by atoms with Crippen molar-refractivity contribution >= 4 is 60.3 Å². The van der Waals surface area contributed by atoms with Crippen molar-refractivity contribution in [1.29, 1.82) is 0 Å². The van der Waals surface area contributed by atoms with Gasteiger partial charge in [-0.25, -0.2) is 4.79 Å². The second-order valence-corrected chi connectivity index (χ2v) is 29.7. The molecule has 127 heavy (non-hydrogen) atoms. The van der Waals surface area contributed by atoms with Crippen LogP contribution in [-0.4, -0.2) is 187 Å². The molecule has 2 aliphatic carbocycles. The number of fused-ring (bicyclic) bond motifs is 6. The number of amides is 3. The van der Waals surface area contributed by atoms with Crippen LogP contribution in [0.1, 0.15) is 170 Å². The van der Waals surface area contributed by atoms with Crippen molar-refractivity contribution in [1.82, 2.24) is 16.0 Å². The van der Waals surface area contributed by atoms with Crippen LogP contribution in [0.25, 0.3) is 22.3 Å². The van der Waals surface area contributed by atoms with Crippen molar-refractivity contribution in [2.45, 2.75) is 149 Å². The first-order valence-corrected chi connectivity index (χ1v) is 43.0. The number of carbonyl (C=O) groups is 8. The van der Waals surface area contributed by atoms with Gasteiger partial charge in [-0.3, -0.25) is 33.6 Å². The number of carbonyl (C=O) groups excluding carboxylic acids is 8. The summed E-state index contributed by atoms with van der Waals surface area (Å²) in [5.74, 6) is 0.819. The van der Waals surface area contributed by atoms with Gasteiger partial charge in [0, 0.05) is 110 Å². The molecule has 10 rings (SSSR count). The molecule has 0 radical (unpaired) electrons. The quantitative estimate of drug-likeness (QED) is 0.00687. The summed E-state index contributed by atoms with van der Waals surface area (Å²) in [4.78, 5) is 90.8. The Balaban J connectivity index is 0.000000339. The molecule has 0 unspecified atom stereocenters. The molecule has 2 aliphatic rings. The van der Waals surface area contributed by atoms with Crippen LogP contribution < -0.4 is 70.2 Å². The van der Waals surface area contributed by atoms with E-state index in [1.54, 1.807) is 25.3 Å². The second kappa shape index (κ2) is 63.8. The first kappa shape index (κ1) is 107. The number of unbranched alkanes of at least 4 members (excludes halogenated alkanes) is 3. The molecule has 0 saturated carbocycles. The molecule has 0 atom stereocenters. The zero-order valence-electron chi connectivity index (χ0n) is 74.9. The Morgan fingerprint density at radius 2 is 0.819 bits per heavy atom. The standard InChI is InChI=1S/C47H59NO8.C25H34N2O5.C20H23NO4.C7H10O5.ClH.Na/c1-36-20-22-37(23-21-36)34-48-46(49)18-12-28-55-39-25-24-38(45(33-39)51-2)13-4-3-10-26-52-29-31-54-32-30-53-27-11-9-19-47(50)56-35-44-42-16-7-5-14-40(42)41-15-6-8-17-43(41)44;26-11-5-13-29-15-17-31-18-16-30-14-6-12-27-25(28)32-19-24-22-9-3-1-7-20(22)21-8-2-4-10-23(21)24;1-15-5-7-16(8-6-15)13-21-20(23)4-3-11-25-18-10-9-17(14-22)19(12-18)24-2;1-4(8)7(11-5(2)9)12-6(3)10;;/h5-8,14-17,20-25,33,44H,3-4,9-13,18-19,26-32,34-35H2,1-2H3,(H,48,49);1-4,7-10,24H,5-6,11-19,26H2,(H,27,28);5-10,12,14H,3-4,11,13H2,1-2H3,(H,21,23);7H,1-3H3;1H;/q;;;;;+1. The van der Waals surface area contributed by atoms with Gasteiger partial charge in [0.15, 0.2) is 6.29 Å². The molecule has 0 aromatic heterocycles. The Labute approximate surface area is 776 Å². The topological polar surface area (TPSA) is 328 Å². The van der Waals surface area contributed by atoms with Gasteiger partial charge in [0.2, 0.25) is 17.6 Å². The summed E-state index contributed by atoms with van der Waals surface area (Å²) in [5, 5.41) is 8.66. The van der Waals surface area contributed by atoms with Crippen LogP contribution in [0.4, 0.5) is 4.79 Å². The van der Waals surface area contributed by atoms with E-state index in [-0.39, 0.29) is 71.6 Å². The van der Waals surface area contributed by atoms with E-state index in [9.17, 15) is 38.4 Å². The Hall–Kier alpha value is -10.1. The number of benzene rings is 8. The zero-order chi connectivity index (χ0) is 89.4. The van der Waals surface area contributed by atoms with Gasteiger partial charge in [-0.15, -0.1) is 12.4 Å². The molecule has 0 saturated heterocycles. The first-order chi connectivity index (χ1) is 60.9. The van der Waals surface area contributed by atoms with Crippen LogP contribution in [0.2, 0.25) is 0 Å². The van der Waals surface area contributed by atoms with Crippen LogP contribution >= 0.6 is 12.4 Å². The fraction of sp³-hybridized carbons (Fsp3) is 0.434. The summed E-state index contributed by atoms with van der Waals surface area (Å²) in [6.07, 6.45) is 8.53. The smallest absolute Gasteiger partial charge is 0.496 e. The van der Waals surface area contributed by atoms with Crippen molar-refractivity contribution in [2.24, 2.45) is 5.73 Å². The van der Waals surface area contributed by atoms with Crippen LogP contribution in [0, 0.1) is 13.8 Å². The first-order valence-electron chi connectivity index (χ1n) is 43.0. The minimum Gasteiger partial charge on any atom is -0.496 e. The van der Waals surface area contributed by atoms with Crippen molar-refractivity contribution in [3.63, 3.8) is 0 Å². The fourth-order valence-corrected chi connectivity index (χ4v) is 13.4. The molecule has 8 aromatic rings. The summed E-state index contributed by atoms with van der Waals surface area (Å²) in [6.45, 7) is 18.1. The molecule has 0 aliphatic heterocycles. The summed E-state index contributed by atoms with van der Waals surface area (Å²) >= 11 is 0. The number of nitrogens with one attached hydrogen (secondary N) is 3. The summed E-state index contributed by atoms with van der Waals surface area (Å²) in [6, 6.07) is 60.6. The number of hydrogen-bond donors (Lipinski definition) is 4. The maximum Gasteiger partial charge on any atom is 1.00 e. The van der Waals surface area contributed by atoms with E-state index < -0.39 is 30.1 Å². The number of aryl methyl sites for hydroxylation is 3. The monoisotopic (exact) mass is 1780 g/mol. The Kier molecular flexibility index (Phi) is 54.0. The Bertz CT molecular complexity index is 4450. The van der Waals surface area contributed by atoms with Crippen molar-refractivity contribution in [3.8, 4) is 45.3 Å². The number of ether oxygens (including phenoxy) is 14. The molecule has 0 spiro atoms. The van der Waals surface area contributed by atoms with Crippen molar-refractivity contribution < 1.29 is 134 Å². The van der Waals surface area contributed by atoms with E-state index in [4.69, 9.17) is 62.6 Å². The van der Waals surface area contributed by atoms with Gasteiger partial charge in [-0.2, -0.15) is 0 Å². The third-order valence-electron chi connectivity index (χ3n) is 19.9. The predicted octanol–water partition coefficient (Wildman–Crippen LogP) is 12.8. The van der Waals surface area contributed by atoms with Gasteiger partial charge in [-0.1, -0.05) is 169 Å². The van der Waals surface area contributed by atoms with Crippen LogP contribution in [0.5, 0.6) is 23.0 Å². The molecular formula is C99H127ClN4NaO22+. The summed E-state index contributed by atoms with van der Waals surface area (Å²) < 4.78 is 75.5. The molecule has 0 heterocycles. The van der Waals surface area contributed by atoms with Gasteiger partial charge >= 0.3 is 59.8 Å². The average molecular weight is 1780 g/mol. The van der Waals surface area contributed by atoms with Crippen LogP contribution in [0.3, 0.4) is 0 Å². The van der Waals surface area contributed by atoms with E-state index in [0.29, 0.717) is 187 Å². The van der Waals surface area contributed by atoms with Crippen LogP contribution in [-0.2, 0) is 95.6 Å². The van der Waals surface area contributed by atoms with Gasteiger partial charge < -0.3 is 88.0 Å². The number of aldehydes is 1. The van der Waals surface area contributed by atoms with Gasteiger partial charge in [-0.05, 0) is 158 Å². The molecule has 3 amide bonds. The number of nitrogens with two attached hydrogens (primary N) is 1. The van der Waals surface area contributed by atoms with E-state index >= 15 is 0 Å². The predicted molar refractivity (Wildman–Crippen MR) is 484 cm³/mol. The number of Topliss-reactive ketones (excluding diaryl/α,β-unsaturated/α-hetero) is 1. The molecule has 682 valence electrons.